The van der Waals surface area contributed by atoms with Gasteiger partial charge in [-0.25, -0.2) is 0 Å². The van der Waals surface area contributed by atoms with Gasteiger partial charge in [0.15, 0.2) is 0 Å². The molecule has 4 aliphatic carbocycles. The van der Waals surface area contributed by atoms with Crippen LogP contribution in [0.2, 0.25) is 0 Å². The Balaban J connectivity index is 1.52. The Labute approximate surface area is 176 Å². The molecule has 0 heterocycles. The van der Waals surface area contributed by atoms with E-state index in [9.17, 15) is 14.7 Å². The molecular formula is C25H40O4. The van der Waals surface area contributed by atoms with Crippen LogP contribution in [-0.2, 0) is 14.3 Å². The van der Waals surface area contributed by atoms with E-state index in [1.165, 1.54) is 26.2 Å². The fourth-order valence-electron chi connectivity index (χ4n) is 8.58. The van der Waals surface area contributed by atoms with Crippen molar-refractivity contribution in [2.45, 2.75) is 97.5 Å². The molecule has 0 aromatic rings. The van der Waals surface area contributed by atoms with Crippen molar-refractivity contribution >= 4 is 11.8 Å². The van der Waals surface area contributed by atoms with Crippen molar-refractivity contribution in [3.8, 4) is 0 Å². The van der Waals surface area contributed by atoms with Crippen LogP contribution in [-0.4, -0.2) is 29.1 Å². The van der Waals surface area contributed by atoms with E-state index in [4.69, 9.17) is 4.74 Å². The highest BCUT2D eigenvalue weighted by Gasteiger charge is 2.65. The zero-order valence-corrected chi connectivity index (χ0v) is 18.8. The van der Waals surface area contributed by atoms with E-state index in [-0.39, 0.29) is 16.8 Å². The predicted molar refractivity (Wildman–Crippen MR) is 112 cm³/mol. The highest BCUT2D eigenvalue weighted by molar-refractivity contribution is 5.80. The van der Waals surface area contributed by atoms with Gasteiger partial charge in [-0.15, -0.1) is 0 Å². The molecule has 0 saturated heterocycles. The van der Waals surface area contributed by atoms with Crippen molar-refractivity contribution in [1.82, 2.24) is 0 Å². The Morgan fingerprint density at radius 3 is 2.55 bits per heavy atom. The molecule has 0 spiro atoms. The molecule has 0 aliphatic heterocycles. The third-order valence-electron chi connectivity index (χ3n) is 10.4. The summed E-state index contributed by atoms with van der Waals surface area (Å²) in [5, 5.41) is 11.7. The number of esters is 1. The van der Waals surface area contributed by atoms with Crippen LogP contribution in [0.15, 0.2) is 0 Å². The number of carbonyl (C=O) groups is 2. The van der Waals surface area contributed by atoms with Crippen molar-refractivity contribution in [3.05, 3.63) is 0 Å². The maximum atomic E-state index is 12.3. The molecule has 4 heteroatoms. The molecule has 4 nitrogen and oxygen atoms in total. The summed E-state index contributed by atoms with van der Waals surface area (Å²) in [5.74, 6) is 3.25. The van der Waals surface area contributed by atoms with Gasteiger partial charge in [0.05, 0.1) is 12.2 Å². The van der Waals surface area contributed by atoms with Crippen LogP contribution in [0.25, 0.3) is 0 Å². The molecule has 4 fully saturated rings. The quantitative estimate of drug-likeness (QED) is 0.534. The van der Waals surface area contributed by atoms with Crippen LogP contribution in [0.5, 0.6) is 0 Å². The maximum absolute atomic E-state index is 12.3. The van der Waals surface area contributed by atoms with Crippen molar-refractivity contribution in [3.63, 3.8) is 0 Å². The first-order valence-corrected chi connectivity index (χ1v) is 12.0. The van der Waals surface area contributed by atoms with Gasteiger partial charge < -0.3 is 9.84 Å². The van der Waals surface area contributed by atoms with E-state index in [1.807, 2.05) is 0 Å². The van der Waals surface area contributed by atoms with Crippen LogP contribution >= 0.6 is 0 Å². The minimum atomic E-state index is -0.630. The number of ketones is 1. The normalized spacial score (nSPS) is 49.1. The first kappa shape index (κ1) is 21.3. The van der Waals surface area contributed by atoms with Crippen molar-refractivity contribution in [2.24, 2.45) is 40.4 Å². The number of hydrogen-bond acceptors (Lipinski definition) is 4. The molecule has 0 aromatic carbocycles. The lowest BCUT2D eigenvalue weighted by Gasteiger charge is -2.62. The minimum absolute atomic E-state index is 0.0265. The summed E-state index contributed by atoms with van der Waals surface area (Å²) in [6.07, 6.45) is 9.73. The summed E-state index contributed by atoms with van der Waals surface area (Å²) in [5.41, 5.74) is -0.371. The molecule has 0 aromatic heterocycles. The van der Waals surface area contributed by atoms with Gasteiger partial charge in [0.25, 0.3) is 0 Å². The van der Waals surface area contributed by atoms with E-state index < -0.39 is 5.60 Å². The second-order valence-corrected chi connectivity index (χ2v) is 11.3. The Morgan fingerprint density at radius 1 is 1.10 bits per heavy atom. The van der Waals surface area contributed by atoms with E-state index in [0.29, 0.717) is 42.0 Å². The second-order valence-electron chi connectivity index (χ2n) is 11.3. The first-order chi connectivity index (χ1) is 13.6. The molecule has 4 saturated carbocycles. The Kier molecular flexibility index (Phi) is 5.41. The van der Waals surface area contributed by atoms with E-state index in [0.717, 1.165) is 44.9 Å². The summed E-state index contributed by atoms with van der Waals surface area (Å²) in [4.78, 5) is 23.3. The average molecular weight is 405 g/mol. The van der Waals surface area contributed by atoms with Gasteiger partial charge in [-0.2, -0.15) is 0 Å². The second kappa shape index (κ2) is 7.35. The molecule has 0 radical (unpaired) electrons. The van der Waals surface area contributed by atoms with Crippen molar-refractivity contribution < 1.29 is 19.4 Å². The molecule has 29 heavy (non-hydrogen) atoms. The van der Waals surface area contributed by atoms with E-state index >= 15 is 0 Å². The van der Waals surface area contributed by atoms with Gasteiger partial charge in [0.2, 0.25) is 0 Å². The number of rotatable bonds is 4. The van der Waals surface area contributed by atoms with Crippen molar-refractivity contribution in [1.29, 1.82) is 0 Å². The van der Waals surface area contributed by atoms with Gasteiger partial charge in [0, 0.05) is 19.8 Å². The van der Waals surface area contributed by atoms with E-state index in [1.54, 1.807) is 0 Å². The fourth-order valence-corrected chi connectivity index (χ4v) is 8.58. The third-order valence-corrected chi connectivity index (χ3v) is 10.4. The summed E-state index contributed by atoms with van der Waals surface area (Å²) < 4.78 is 5.12. The van der Waals surface area contributed by atoms with Crippen LogP contribution in [0.4, 0.5) is 0 Å². The molecular weight excluding hydrogens is 364 g/mol. The zero-order chi connectivity index (χ0) is 21.0. The number of Topliss-reactive ketones (excluding diaryl/α,β-unsaturated/α-hetero) is 1. The number of ether oxygens (including phenoxy) is 1. The highest BCUT2D eigenvalue weighted by Crippen LogP contribution is 2.69. The monoisotopic (exact) mass is 404 g/mol. The minimum Gasteiger partial charge on any atom is -0.466 e. The SMILES string of the molecule is CC(=O)OCCCC1(O)CC[C@H]2[C@@H]3CCC4CC(=O)CC(C)[C@]4(C)[C@@H]3CC[C@@]21C. The lowest BCUT2D eigenvalue weighted by atomic mass is 9.42. The molecule has 0 amide bonds. The molecule has 8 atom stereocenters. The number of hydrogen-bond donors (Lipinski definition) is 1. The molecule has 4 rings (SSSR count). The number of carbonyl (C=O) groups excluding carboxylic acids is 2. The van der Waals surface area contributed by atoms with Crippen LogP contribution in [0.1, 0.15) is 91.9 Å². The lowest BCUT2D eigenvalue weighted by molar-refractivity contribution is -0.170. The summed E-state index contributed by atoms with van der Waals surface area (Å²) in [7, 11) is 0. The van der Waals surface area contributed by atoms with Gasteiger partial charge in [0.1, 0.15) is 5.78 Å². The predicted octanol–water partition coefficient (Wildman–Crippen LogP) is 4.92. The van der Waals surface area contributed by atoms with Gasteiger partial charge >= 0.3 is 5.97 Å². The smallest absolute Gasteiger partial charge is 0.302 e. The summed E-state index contributed by atoms with van der Waals surface area (Å²) >= 11 is 0. The number of aliphatic hydroxyl groups is 1. The lowest BCUT2D eigenvalue weighted by Crippen LogP contribution is -2.58. The average Bonchev–Trinajstić information content (AvgIpc) is 2.92. The largest absolute Gasteiger partial charge is 0.466 e. The molecule has 4 aliphatic rings. The summed E-state index contributed by atoms with van der Waals surface area (Å²) in [6, 6.07) is 0. The number of fused-ring (bicyclic) bond motifs is 5. The van der Waals surface area contributed by atoms with Crippen LogP contribution < -0.4 is 0 Å². The Bertz CT molecular complexity index is 674. The molecule has 1 N–H and O–H groups in total. The van der Waals surface area contributed by atoms with Crippen molar-refractivity contribution in [2.75, 3.05) is 6.61 Å². The Morgan fingerprint density at radius 2 is 1.83 bits per heavy atom. The molecule has 164 valence electrons. The Hall–Kier alpha value is -0.900. The standard InChI is InChI=1S/C25H40O4/c1-16-14-19(27)15-18-6-7-20-21-9-12-25(28,10-5-13-29-17(2)26)23(21,3)11-8-22(20)24(16,18)4/h16,18,20-22,28H,5-15H2,1-4H3/t16?,18?,20-,21-,22+,23-,24-,25?/m0/s1. The van der Waals surface area contributed by atoms with Gasteiger partial charge in [-0.05, 0) is 91.8 Å². The fraction of sp³-hybridized carbons (Fsp3) is 0.920. The molecule has 3 unspecified atom stereocenters. The first-order valence-electron chi connectivity index (χ1n) is 12.0. The summed E-state index contributed by atoms with van der Waals surface area (Å²) in [6.45, 7) is 9.01. The van der Waals surface area contributed by atoms with Crippen LogP contribution in [0.3, 0.4) is 0 Å². The topological polar surface area (TPSA) is 63.6 Å². The third kappa shape index (κ3) is 3.20. The highest BCUT2D eigenvalue weighted by atomic mass is 16.5. The van der Waals surface area contributed by atoms with Gasteiger partial charge in [-0.1, -0.05) is 20.8 Å². The zero-order valence-electron chi connectivity index (χ0n) is 18.8. The van der Waals surface area contributed by atoms with Crippen LogP contribution in [0, 0.1) is 40.4 Å². The maximum Gasteiger partial charge on any atom is 0.302 e. The molecule has 0 bridgehead atoms. The van der Waals surface area contributed by atoms with E-state index in [2.05, 4.69) is 20.8 Å². The van der Waals surface area contributed by atoms with Gasteiger partial charge in [-0.3, -0.25) is 9.59 Å².